The van der Waals surface area contributed by atoms with Crippen molar-refractivity contribution in [3.63, 3.8) is 0 Å². The molecule has 0 aliphatic rings. The predicted octanol–water partition coefficient (Wildman–Crippen LogP) is 3.54. The maximum absolute atomic E-state index is 12.6. The summed E-state index contributed by atoms with van der Waals surface area (Å²) in [6, 6.07) is 8.46. The lowest BCUT2D eigenvalue weighted by molar-refractivity contribution is -0.137. The number of rotatable bonds is 8. The van der Waals surface area contributed by atoms with E-state index in [1.165, 1.54) is 14.2 Å². The summed E-state index contributed by atoms with van der Waals surface area (Å²) in [5.74, 6) is -1.05. The molecule has 0 saturated heterocycles. The number of alkyl halides is 3. The molecule has 178 valence electrons. The van der Waals surface area contributed by atoms with Crippen molar-refractivity contribution in [2.45, 2.75) is 25.9 Å². The van der Waals surface area contributed by atoms with Gasteiger partial charge in [0.25, 0.3) is 5.91 Å². The largest absolute Gasteiger partial charge is 0.497 e. The SMILES string of the molecule is COc1ccc(NC(=O)C[C@@H](C)CC(=O)NNC(=O)c2ccc(C(F)(F)F)cc2)c(OC)c1. The van der Waals surface area contributed by atoms with Crippen LogP contribution in [0, 0.1) is 5.92 Å². The average Bonchev–Trinajstić information content (AvgIpc) is 2.77. The number of carbonyl (C=O) groups excluding carboxylic acids is 3. The van der Waals surface area contributed by atoms with Crippen LogP contribution in [0.1, 0.15) is 35.7 Å². The highest BCUT2D eigenvalue weighted by atomic mass is 19.4. The smallest absolute Gasteiger partial charge is 0.416 e. The van der Waals surface area contributed by atoms with E-state index in [9.17, 15) is 27.6 Å². The van der Waals surface area contributed by atoms with Gasteiger partial charge in [-0.2, -0.15) is 13.2 Å². The van der Waals surface area contributed by atoms with Gasteiger partial charge in [0.2, 0.25) is 11.8 Å². The quantitative estimate of drug-likeness (QED) is 0.515. The fourth-order valence-corrected chi connectivity index (χ4v) is 2.87. The third-order valence-corrected chi connectivity index (χ3v) is 4.54. The number of carbonyl (C=O) groups is 3. The van der Waals surface area contributed by atoms with Gasteiger partial charge in [-0.05, 0) is 42.3 Å². The van der Waals surface area contributed by atoms with Crippen molar-refractivity contribution in [3.8, 4) is 11.5 Å². The molecule has 0 heterocycles. The Morgan fingerprint density at radius 1 is 0.909 bits per heavy atom. The molecule has 0 radical (unpaired) electrons. The van der Waals surface area contributed by atoms with Crippen LogP contribution in [0.15, 0.2) is 42.5 Å². The maximum atomic E-state index is 12.6. The zero-order valence-corrected chi connectivity index (χ0v) is 18.2. The van der Waals surface area contributed by atoms with Gasteiger partial charge in [0.1, 0.15) is 11.5 Å². The fraction of sp³-hybridized carbons (Fsp3) is 0.318. The molecule has 3 amide bonds. The monoisotopic (exact) mass is 467 g/mol. The van der Waals surface area contributed by atoms with Crippen LogP contribution in [0.2, 0.25) is 0 Å². The van der Waals surface area contributed by atoms with E-state index in [-0.39, 0.29) is 30.2 Å². The molecule has 0 aromatic heterocycles. The second-order valence-electron chi connectivity index (χ2n) is 7.21. The van der Waals surface area contributed by atoms with E-state index < -0.39 is 23.6 Å². The molecule has 0 unspecified atom stereocenters. The zero-order valence-electron chi connectivity index (χ0n) is 18.2. The molecule has 0 saturated carbocycles. The van der Waals surface area contributed by atoms with Crippen molar-refractivity contribution in [3.05, 3.63) is 53.6 Å². The summed E-state index contributed by atoms with van der Waals surface area (Å²) in [5, 5.41) is 2.70. The minimum absolute atomic E-state index is 0.0233. The molecule has 1 atom stereocenters. The number of amides is 3. The first-order valence-electron chi connectivity index (χ1n) is 9.81. The van der Waals surface area contributed by atoms with Crippen molar-refractivity contribution in [2.75, 3.05) is 19.5 Å². The Kier molecular flexibility index (Phi) is 8.66. The van der Waals surface area contributed by atoms with Gasteiger partial charge in [-0.25, -0.2) is 0 Å². The lowest BCUT2D eigenvalue weighted by atomic mass is 10.0. The third kappa shape index (κ3) is 7.70. The topological polar surface area (TPSA) is 106 Å². The Morgan fingerprint density at radius 2 is 1.55 bits per heavy atom. The third-order valence-electron chi connectivity index (χ3n) is 4.54. The van der Waals surface area contributed by atoms with Crippen molar-refractivity contribution >= 4 is 23.4 Å². The molecule has 0 aliphatic carbocycles. The van der Waals surface area contributed by atoms with Crippen LogP contribution >= 0.6 is 0 Å². The van der Waals surface area contributed by atoms with Gasteiger partial charge in [0.15, 0.2) is 0 Å². The number of hydrogen-bond donors (Lipinski definition) is 3. The van der Waals surface area contributed by atoms with Crippen molar-refractivity contribution in [1.82, 2.24) is 10.9 Å². The van der Waals surface area contributed by atoms with Crippen LogP contribution in [0.3, 0.4) is 0 Å². The standard InChI is InChI=1S/C22H24F3N3O5/c1-13(10-19(29)26-17-9-8-16(32-2)12-18(17)33-3)11-20(30)27-28-21(31)14-4-6-15(7-5-14)22(23,24)25/h4-9,12-13H,10-11H2,1-3H3,(H,26,29)(H,27,30)(H,28,31)/t13-/m1/s1. The normalized spacial score (nSPS) is 11.8. The molecular weight excluding hydrogens is 443 g/mol. The Labute approximate surface area is 188 Å². The van der Waals surface area contributed by atoms with E-state index in [1.54, 1.807) is 25.1 Å². The van der Waals surface area contributed by atoms with E-state index in [4.69, 9.17) is 9.47 Å². The summed E-state index contributed by atoms with van der Waals surface area (Å²) >= 11 is 0. The fourth-order valence-electron chi connectivity index (χ4n) is 2.87. The lowest BCUT2D eigenvalue weighted by Crippen LogP contribution is -2.42. The molecule has 3 N–H and O–H groups in total. The van der Waals surface area contributed by atoms with Crippen LogP contribution < -0.4 is 25.6 Å². The van der Waals surface area contributed by atoms with E-state index in [0.29, 0.717) is 17.2 Å². The number of hydrogen-bond acceptors (Lipinski definition) is 5. The highest BCUT2D eigenvalue weighted by Crippen LogP contribution is 2.30. The minimum atomic E-state index is -4.51. The van der Waals surface area contributed by atoms with Crippen LogP contribution in [-0.2, 0) is 15.8 Å². The molecule has 0 bridgehead atoms. The van der Waals surface area contributed by atoms with Crippen molar-refractivity contribution in [2.24, 2.45) is 5.92 Å². The van der Waals surface area contributed by atoms with Crippen molar-refractivity contribution in [1.29, 1.82) is 0 Å². The molecule has 8 nitrogen and oxygen atoms in total. The van der Waals surface area contributed by atoms with Gasteiger partial charge in [-0.3, -0.25) is 25.2 Å². The second-order valence-corrected chi connectivity index (χ2v) is 7.21. The number of benzene rings is 2. The molecule has 0 fully saturated rings. The summed E-state index contributed by atoms with van der Waals surface area (Å²) < 4.78 is 48.1. The Bertz CT molecular complexity index is 994. The molecule has 11 heteroatoms. The molecule has 0 aliphatic heterocycles. The highest BCUT2D eigenvalue weighted by Gasteiger charge is 2.30. The minimum Gasteiger partial charge on any atom is -0.497 e. The molecule has 2 rings (SSSR count). The van der Waals surface area contributed by atoms with Crippen LogP contribution in [0.25, 0.3) is 0 Å². The summed E-state index contributed by atoms with van der Waals surface area (Å²) in [6.07, 6.45) is -4.56. The Balaban J connectivity index is 1.81. The highest BCUT2D eigenvalue weighted by molar-refractivity contribution is 5.95. The number of nitrogens with one attached hydrogen (secondary N) is 3. The van der Waals surface area contributed by atoms with Gasteiger partial charge in [0.05, 0.1) is 25.5 Å². The van der Waals surface area contributed by atoms with E-state index in [0.717, 1.165) is 24.3 Å². The second kappa shape index (κ2) is 11.2. The first-order chi connectivity index (χ1) is 15.5. The number of methoxy groups -OCH3 is 2. The van der Waals surface area contributed by atoms with E-state index >= 15 is 0 Å². The Hall–Kier alpha value is -3.76. The van der Waals surface area contributed by atoms with Gasteiger partial charge in [0, 0.05) is 24.5 Å². The number of anilines is 1. The first kappa shape index (κ1) is 25.5. The van der Waals surface area contributed by atoms with Crippen LogP contribution in [0.5, 0.6) is 11.5 Å². The number of halogens is 3. The van der Waals surface area contributed by atoms with Crippen LogP contribution in [-0.4, -0.2) is 31.9 Å². The Morgan fingerprint density at radius 3 is 2.12 bits per heavy atom. The van der Waals surface area contributed by atoms with E-state index in [1.807, 2.05) is 0 Å². The molecule has 2 aromatic carbocycles. The summed E-state index contributed by atoms with van der Waals surface area (Å²) in [6.45, 7) is 1.68. The number of ether oxygens (including phenoxy) is 2. The van der Waals surface area contributed by atoms with Gasteiger partial charge in [-0.1, -0.05) is 6.92 Å². The first-order valence-corrected chi connectivity index (χ1v) is 9.81. The van der Waals surface area contributed by atoms with Crippen molar-refractivity contribution < 1.29 is 37.0 Å². The van der Waals surface area contributed by atoms with E-state index in [2.05, 4.69) is 16.2 Å². The van der Waals surface area contributed by atoms with Gasteiger partial charge >= 0.3 is 6.18 Å². The maximum Gasteiger partial charge on any atom is 0.416 e. The lowest BCUT2D eigenvalue weighted by Gasteiger charge is -2.14. The summed E-state index contributed by atoms with van der Waals surface area (Å²) in [5.41, 5.74) is 3.83. The summed E-state index contributed by atoms with van der Waals surface area (Å²) in [7, 11) is 2.96. The predicted molar refractivity (Wildman–Crippen MR) is 114 cm³/mol. The number of hydrazine groups is 1. The summed E-state index contributed by atoms with van der Waals surface area (Å²) in [4.78, 5) is 36.3. The molecular formula is C22H24F3N3O5. The molecule has 2 aromatic rings. The molecule has 33 heavy (non-hydrogen) atoms. The van der Waals surface area contributed by atoms with Gasteiger partial charge < -0.3 is 14.8 Å². The van der Waals surface area contributed by atoms with Gasteiger partial charge in [-0.15, -0.1) is 0 Å². The molecule has 0 spiro atoms. The zero-order chi connectivity index (χ0) is 24.6. The average molecular weight is 467 g/mol. The van der Waals surface area contributed by atoms with Crippen LogP contribution in [0.4, 0.5) is 18.9 Å².